The number of hydrogen-bond acceptors (Lipinski definition) is 6. The Kier molecular flexibility index (Phi) is 7.99. The molecule has 1 aromatic rings. The molecule has 3 saturated heterocycles. The molecular formula is C30H42N4O5. The fourth-order valence-electron chi connectivity index (χ4n) is 6.99. The van der Waals surface area contributed by atoms with E-state index < -0.39 is 17.7 Å². The van der Waals surface area contributed by atoms with Crippen molar-refractivity contribution in [1.29, 1.82) is 0 Å². The third-order valence-corrected chi connectivity index (χ3v) is 9.07. The number of benzene rings is 1. The number of nitrogens with zero attached hydrogens (tertiary/aromatic N) is 3. The molecule has 3 amide bonds. The van der Waals surface area contributed by atoms with Crippen LogP contribution in [-0.2, 0) is 19.1 Å². The van der Waals surface area contributed by atoms with Gasteiger partial charge in [-0.2, -0.15) is 0 Å². The first kappa shape index (κ1) is 27.6. The van der Waals surface area contributed by atoms with Gasteiger partial charge < -0.3 is 24.8 Å². The molecule has 0 bridgehead atoms. The van der Waals surface area contributed by atoms with E-state index in [1.54, 1.807) is 16.9 Å². The number of ketones is 1. The summed E-state index contributed by atoms with van der Waals surface area (Å²) in [5, 5.41) is 2.96. The normalized spacial score (nSPS) is 24.9. The van der Waals surface area contributed by atoms with E-state index in [-0.39, 0.29) is 42.0 Å². The molecular weight excluding hydrogens is 496 g/mol. The van der Waals surface area contributed by atoms with Gasteiger partial charge in [0.2, 0.25) is 5.91 Å². The minimum atomic E-state index is -0.856. The van der Waals surface area contributed by atoms with Crippen molar-refractivity contribution in [3.8, 4) is 0 Å². The smallest absolute Gasteiger partial charge is 0.255 e. The largest absolute Gasteiger partial charge is 0.372 e. The lowest BCUT2D eigenvalue weighted by Crippen LogP contribution is -2.53. The Morgan fingerprint density at radius 2 is 1.67 bits per heavy atom. The van der Waals surface area contributed by atoms with Gasteiger partial charge in [0.15, 0.2) is 5.78 Å². The number of likely N-dealkylation sites (tertiary alicyclic amines) is 2. The molecule has 3 heterocycles. The maximum absolute atomic E-state index is 13.8. The summed E-state index contributed by atoms with van der Waals surface area (Å²) in [6.45, 7) is 6.48. The van der Waals surface area contributed by atoms with Crippen LogP contribution in [-0.4, -0.2) is 90.3 Å². The Morgan fingerprint density at radius 3 is 2.28 bits per heavy atom. The van der Waals surface area contributed by atoms with Crippen molar-refractivity contribution in [2.75, 3.05) is 38.2 Å². The van der Waals surface area contributed by atoms with E-state index in [1.165, 1.54) is 12.8 Å². The summed E-state index contributed by atoms with van der Waals surface area (Å²) < 4.78 is 5.70. The lowest BCUT2D eigenvalue weighted by molar-refractivity contribution is -0.155. The van der Waals surface area contributed by atoms with Crippen LogP contribution < -0.4 is 10.2 Å². The molecule has 0 spiro atoms. The monoisotopic (exact) mass is 538 g/mol. The van der Waals surface area contributed by atoms with Gasteiger partial charge in [-0.05, 0) is 81.5 Å². The highest BCUT2D eigenvalue weighted by atomic mass is 16.5. The van der Waals surface area contributed by atoms with E-state index in [0.29, 0.717) is 37.8 Å². The predicted octanol–water partition coefficient (Wildman–Crippen LogP) is 2.77. The van der Waals surface area contributed by atoms with E-state index in [1.807, 2.05) is 38.1 Å². The number of Topliss-reactive ketones (excluding diaryl/α,β-unsaturated/α-hetero) is 1. The van der Waals surface area contributed by atoms with Crippen molar-refractivity contribution in [3.05, 3.63) is 29.8 Å². The molecule has 1 aromatic carbocycles. The van der Waals surface area contributed by atoms with Gasteiger partial charge in [-0.1, -0.05) is 13.8 Å². The molecule has 39 heavy (non-hydrogen) atoms. The van der Waals surface area contributed by atoms with Crippen molar-refractivity contribution < 1.29 is 23.9 Å². The van der Waals surface area contributed by atoms with Crippen LogP contribution in [0, 0.1) is 5.92 Å². The molecule has 1 saturated carbocycles. The average Bonchev–Trinajstić information content (AvgIpc) is 3.74. The number of rotatable bonds is 8. The highest BCUT2D eigenvalue weighted by Crippen LogP contribution is 2.38. The zero-order valence-electron chi connectivity index (χ0n) is 23.5. The SMILES string of the molecule is COC1(C(=O)N2CC(=O)C3C2CCN3C(=O)C(CC(C)C)NC(=O)c2ccc(N3CCCC3)cc2)CCCC1. The molecule has 9 heteroatoms. The quantitative estimate of drug-likeness (QED) is 0.547. The second-order valence-corrected chi connectivity index (χ2v) is 12.0. The number of carbonyl (C=O) groups is 4. The van der Waals surface area contributed by atoms with E-state index in [0.717, 1.165) is 31.6 Å². The minimum absolute atomic E-state index is 0.00757. The second kappa shape index (κ2) is 11.3. The number of amides is 3. The summed E-state index contributed by atoms with van der Waals surface area (Å²) in [5.41, 5.74) is 0.757. The number of ether oxygens (including phenoxy) is 1. The fraction of sp³-hybridized carbons (Fsp3) is 0.667. The molecule has 3 unspecified atom stereocenters. The summed E-state index contributed by atoms with van der Waals surface area (Å²) in [4.78, 5) is 59.4. The highest BCUT2D eigenvalue weighted by Gasteiger charge is 2.56. The minimum Gasteiger partial charge on any atom is -0.372 e. The highest BCUT2D eigenvalue weighted by molar-refractivity contribution is 6.01. The van der Waals surface area contributed by atoms with Gasteiger partial charge in [0, 0.05) is 38.0 Å². The van der Waals surface area contributed by atoms with Crippen LogP contribution >= 0.6 is 0 Å². The van der Waals surface area contributed by atoms with E-state index in [9.17, 15) is 19.2 Å². The Morgan fingerprint density at radius 1 is 1.00 bits per heavy atom. The Balaban J connectivity index is 1.28. The zero-order valence-corrected chi connectivity index (χ0v) is 23.5. The molecule has 9 nitrogen and oxygen atoms in total. The number of methoxy groups -OCH3 is 1. The maximum Gasteiger partial charge on any atom is 0.255 e. The summed E-state index contributed by atoms with van der Waals surface area (Å²) in [6.07, 6.45) is 6.56. The number of carbonyl (C=O) groups excluding carboxylic acids is 4. The van der Waals surface area contributed by atoms with Crippen LogP contribution in [0.1, 0.15) is 75.6 Å². The summed E-state index contributed by atoms with van der Waals surface area (Å²) >= 11 is 0. The first-order valence-electron chi connectivity index (χ1n) is 14.6. The lowest BCUT2D eigenvalue weighted by Gasteiger charge is -2.33. The Labute approximate surface area is 231 Å². The molecule has 4 fully saturated rings. The van der Waals surface area contributed by atoms with E-state index in [4.69, 9.17) is 4.74 Å². The van der Waals surface area contributed by atoms with Gasteiger partial charge in [0.05, 0.1) is 12.6 Å². The lowest BCUT2D eigenvalue weighted by atomic mass is 9.99. The van der Waals surface area contributed by atoms with Crippen LogP contribution in [0.5, 0.6) is 0 Å². The Hall–Kier alpha value is -2.94. The van der Waals surface area contributed by atoms with Gasteiger partial charge in [0.1, 0.15) is 17.7 Å². The number of anilines is 1. The maximum atomic E-state index is 13.8. The first-order chi connectivity index (χ1) is 18.7. The van der Waals surface area contributed by atoms with Crippen molar-refractivity contribution in [2.45, 2.75) is 88.9 Å². The standard InChI is InChI=1S/C30H42N4O5/c1-20(2)18-23(31-27(36)21-8-10-22(11-9-21)32-15-6-7-16-32)28(37)33-17-12-24-26(33)25(35)19-34(24)29(38)30(39-3)13-4-5-14-30/h8-11,20,23-24,26H,4-7,12-19H2,1-3H3,(H,31,36). The predicted molar refractivity (Wildman–Crippen MR) is 147 cm³/mol. The number of hydrogen-bond donors (Lipinski definition) is 1. The summed E-state index contributed by atoms with van der Waals surface area (Å²) in [6, 6.07) is 5.80. The Bertz CT molecular complexity index is 1090. The molecule has 1 aliphatic carbocycles. The van der Waals surface area contributed by atoms with Gasteiger partial charge in [-0.25, -0.2) is 0 Å². The zero-order chi connectivity index (χ0) is 27.7. The molecule has 3 aliphatic heterocycles. The van der Waals surface area contributed by atoms with Crippen LogP contribution in [0.15, 0.2) is 24.3 Å². The molecule has 1 N–H and O–H groups in total. The van der Waals surface area contributed by atoms with Crippen LogP contribution in [0.2, 0.25) is 0 Å². The van der Waals surface area contributed by atoms with Gasteiger partial charge >= 0.3 is 0 Å². The summed E-state index contributed by atoms with van der Waals surface area (Å²) in [5.74, 6) is -0.618. The molecule has 5 rings (SSSR count). The number of nitrogens with one attached hydrogen (secondary N) is 1. The topological polar surface area (TPSA) is 99.3 Å². The van der Waals surface area contributed by atoms with Crippen molar-refractivity contribution in [2.24, 2.45) is 5.92 Å². The molecule has 0 radical (unpaired) electrons. The van der Waals surface area contributed by atoms with Crippen molar-refractivity contribution in [1.82, 2.24) is 15.1 Å². The number of fused-ring (bicyclic) bond motifs is 1. The van der Waals surface area contributed by atoms with E-state index >= 15 is 0 Å². The van der Waals surface area contributed by atoms with Crippen LogP contribution in [0.25, 0.3) is 0 Å². The van der Waals surface area contributed by atoms with Crippen LogP contribution in [0.4, 0.5) is 5.69 Å². The summed E-state index contributed by atoms with van der Waals surface area (Å²) in [7, 11) is 1.57. The molecule has 4 aliphatic rings. The van der Waals surface area contributed by atoms with Crippen molar-refractivity contribution >= 4 is 29.2 Å². The average molecular weight is 539 g/mol. The molecule has 0 aromatic heterocycles. The van der Waals surface area contributed by atoms with E-state index in [2.05, 4.69) is 10.2 Å². The third kappa shape index (κ3) is 5.30. The van der Waals surface area contributed by atoms with Gasteiger partial charge in [0.25, 0.3) is 11.8 Å². The van der Waals surface area contributed by atoms with Gasteiger partial charge in [-0.3, -0.25) is 19.2 Å². The van der Waals surface area contributed by atoms with Crippen molar-refractivity contribution in [3.63, 3.8) is 0 Å². The first-order valence-corrected chi connectivity index (χ1v) is 14.6. The third-order valence-electron chi connectivity index (χ3n) is 9.07. The van der Waals surface area contributed by atoms with Gasteiger partial charge in [-0.15, -0.1) is 0 Å². The fourth-order valence-corrected chi connectivity index (χ4v) is 6.99. The molecule has 3 atom stereocenters. The van der Waals surface area contributed by atoms with Crippen LogP contribution in [0.3, 0.4) is 0 Å². The molecule has 212 valence electrons. The second-order valence-electron chi connectivity index (χ2n) is 12.0.